The normalized spacial score (nSPS) is 10.3. The minimum atomic E-state index is -0.0607. The van der Waals surface area contributed by atoms with Crippen LogP contribution in [0.15, 0.2) is 78.9 Å². The van der Waals surface area contributed by atoms with Gasteiger partial charge >= 0.3 is 0 Å². The van der Waals surface area contributed by atoms with Gasteiger partial charge in [-0.15, -0.1) is 0 Å². The third-order valence-corrected chi connectivity index (χ3v) is 4.68. The van der Waals surface area contributed by atoms with Crippen molar-refractivity contribution >= 4 is 28.5 Å². The number of ether oxygens (including phenoxy) is 1. The van der Waals surface area contributed by atoms with Gasteiger partial charge in [0.15, 0.2) is 0 Å². The van der Waals surface area contributed by atoms with Gasteiger partial charge in [0.1, 0.15) is 12.4 Å². The van der Waals surface area contributed by atoms with Crippen LogP contribution in [-0.2, 0) is 13.2 Å². The van der Waals surface area contributed by atoms with Gasteiger partial charge < -0.3 is 10.1 Å². The molecular formula is C21H18INO2. The van der Waals surface area contributed by atoms with Gasteiger partial charge in [-0.3, -0.25) is 4.79 Å². The lowest BCUT2D eigenvalue weighted by Crippen LogP contribution is -2.23. The van der Waals surface area contributed by atoms with Crippen molar-refractivity contribution in [2.75, 3.05) is 0 Å². The Labute approximate surface area is 161 Å². The SMILES string of the molecule is O=C(NCc1ccc(OCc2ccccc2)cc1)c1ccccc1I. The van der Waals surface area contributed by atoms with Crippen molar-refractivity contribution in [1.82, 2.24) is 5.32 Å². The van der Waals surface area contributed by atoms with Crippen LogP contribution >= 0.6 is 22.6 Å². The van der Waals surface area contributed by atoms with E-state index in [1.54, 1.807) is 0 Å². The maximum absolute atomic E-state index is 12.2. The highest BCUT2D eigenvalue weighted by atomic mass is 127. The van der Waals surface area contributed by atoms with Crippen LogP contribution in [0.1, 0.15) is 21.5 Å². The quantitative estimate of drug-likeness (QED) is 0.556. The van der Waals surface area contributed by atoms with E-state index in [0.29, 0.717) is 18.7 Å². The molecule has 3 aromatic carbocycles. The van der Waals surface area contributed by atoms with Crippen molar-refractivity contribution in [3.63, 3.8) is 0 Å². The summed E-state index contributed by atoms with van der Waals surface area (Å²) in [5, 5.41) is 2.95. The second-order valence-electron chi connectivity index (χ2n) is 5.58. The van der Waals surface area contributed by atoms with Crippen LogP contribution in [-0.4, -0.2) is 5.91 Å². The van der Waals surface area contributed by atoms with Crippen LogP contribution in [0.5, 0.6) is 5.75 Å². The number of carbonyl (C=O) groups is 1. The molecule has 0 bridgehead atoms. The molecule has 126 valence electrons. The molecule has 0 aliphatic rings. The lowest BCUT2D eigenvalue weighted by molar-refractivity contribution is 0.0950. The first-order valence-electron chi connectivity index (χ1n) is 8.01. The van der Waals surface area contributed by atoms with Gasteiger partial charge in [0.2, 0.25) is 0 Å². The highest BCUT2D eigenvalue weighted by molar-refractivity contribution is 14.1. The smallest absolute Gasteiger partial charge is 0.252 e. The molecule has 0 heterocycles. The number of nitrogens with one attached hydrogen (secondary N) is 1. The van der Waals surface area contributed by atoms with Crippen LogP contribution in [0.4, 0.5) is 0 Å². The Morgan fingerprint density at radius 1 is 0.840 bits per heavy atom. The second kappa shape index (κ2) is 8.67. The van der Waals surface area contributed by atoms with E-state index in [4.69, 9.17) is 4.74 Å². The molecule has 1 N–H and O–H groups in total. The third kappa shape index (κ3) is 5.06. The number of halogens is 1. The van der Waals surface area contributed by atoms with Crippen molar-refractivity contribution < 1.29 is 9.53 Å². The zero-order chi connectivity index (χ0) is 17.5. The molecular weight excluding hydrogens is 425 g/mol. The monoisotopic (exact) mass is 443 g/mol. The number of hydrogen-bond acceptors (Lipinski definition) is 2. The minimum absolute atomic E-state index is 0.0607. The van der Waals surface area contributed by atoms with Gasteiger partial charge in [-0.05, 0) is 58.0 Å². The van der Waals surface area contributed by atoms with Crippen LogP contribution in [0, 0.1) is 3.57 Å². The molecule has 0 atom stereocenters. The molecule has 3 nitrogen and oxygen atoms in total. The third-order valence-electron chi connectivity index (χ3n) is 3.74. The van der Waals surface area contributed by atoms with E-state index in [-0.39, 0.29) is 5.91 Å². The van der Waals surface area contributed by atoms with Gasteiger partial charge in [0.25, 0.3) is 5.91 Å². The summed E-state index contributed by atoms with van der Waals surface area (Å²) in [6.07, 6.45) is 0. The first kappa shape index (κ1) is 17.5. The summed E-state index contributed by atoms with van der Waals surface area (Å²) in [5.74, 6) is 0.756. The van der Waals surface area contributed by atoms with Gasteiger partial charge in [-0.2, -0.15) is 0 Å². The summed E-state index contributed by atoms with van der Waals surface area (Å²) in [7, 11) is 0. The average Bonchev–Trinajstić information content (AvgIpc) is 2.66. The van der Waals surface area contributed by atoms with Crippen LogP contribution < -0.4 is 10.1 Å². The Hall–Kier alpha value is -2.34. The fraction of sp³-hybridized carbons (Fsp3) is 0.0952. The Morgan fingerprint density at radius 3 is 2.24 bits per heavy atom. The molecule has 25 heavy (non-hydrogen) atoms. The largest absolute Gasteiger partial charge is 0.489 e. The summed E-state index contributed by atoms with van der Waals surface area (Å²) < 4.78 is 6.72. The summed E-state index contributed by atoms with van der Waals surface area (Å²) in [5.41, 5.74) is 2.87. The van der Waals surface area contributed by atoms with Gasteiger partial charge in [-0.25, -0.2) is 0 Å². The minimum Gasteiger partial charge on any atom is -0.489 e. The molecule has 0 saturated heterocycles. The molecule has 4 heteroatoms. The van der Waals surface area contributed by atoms with Gasteiger partial charge in [0.05, 0.1) is 5.56 Å². The van der Waals surface area contributed by atoms with E-state index in [1.807, 2.05) is 78.9 Å². The fourth-order valence-electron chi connectivity index (χ4n) is 2.37. The molecule has 0 aliphatic heterocycles. The predicted molar refractivity (Wildman–Crippen MR) is 108 cm³/mol. The van der Waals surface area contributed by atoms with Gasteiger partial charge in [-0.1, -0.05) is 54.6 Å². The Morgan fingerprint density at radius 2 is 1.52 bits per heavy atom. The zero-order valence-electron chi connectivity index (χ0n) is 13.6. The highest BCUT2D eigenvalue weighted by Gasteiger charge is 2.08. The lowest BCUT2D eigenvalue weighted by Gasteiger charge is -2.09. The molecule has 0 unspecified atom stereocenters. The van der Waals surface area contributed by atoms with Crippen molar-refractivity contribution in [3.8, 4) is 5.75 Å². The van der Waals surface area contributed by atoms with Crippen molar-refractivity contribution in [1.29, 1.82) is 0 Å². The van der Waals surface area contributed by atoms with Crippen LogP contribution in [0.3, 0.4) is 0 Å². The van der Waals surface area contributed by atoms with Gasteiger partial charge in [0, 0.05) is 10.1 Å². The van der Waals surface area contributed by atoms with E-state index in [1.165, 1.54) is 0 Å². The first-order chi connectivity index (χ1) is 12.2. The molecule has 3 aromatic rings. The summed E-state index contributed by atoms with van der Waals surface area (Å²) in [6.45, 7) is 1.03. The number of rotatable bonds is 6. The van der Waals surface area contributed by atoms with E-state index in [2.05, 4.69) is 27.9 Å². The maximum atomic E-state index is 12.2. The topological polar surface area (TPSA) is 38.3 Å². The second-order valence-corrected chi connectivity index (χ2v) is 6.74. The molecule has 0 fully saturated rings. The Balaban J connectivity index is 1.52. The molecule has 0 saturated carbocycles. The molecule has 0 aromatic heterocycles. The van der Waals surface area contributed by atoms with Crippen molar-refractivity contribution in [2.24, 2.45) is 0 Å². The summed E-state index contributed by atoms with van der Waals surface area (Å²) >= 11 is 2.17. The molecule has 0 aliphatic carbocycles. The number of benzene rings is 3. The zero-order valence-corrected chi connectivity index (χ0v) is 15.8. The highest BCUT2D eigenvalue weighted by Crippen LogP contribution is 2.15. The number of hydrogen-bond donors (Lipinski definition) is 1. The van der Waals surface area contributed by atoms with E-state index in [0.717, 1.165) is 20.4 Å². The molecule has 1 amide bonds. The van der Waals surface area contributed by atoms with E-state index < -0.39 is 0 Å². The number of carbonyl (C=O) groups excluding carboxylic acids is 1. The first-order valence-corrected chi connectivity index (χ1v) is 9.08. The van der Waals surface area contributed by atoms with Crippen LogP contribution in [0.2, 0.25) is 0 Å². The summed E-state index contributed by atoms with van der Waals surface area (Å²) in [4.78, 5) is 12.2. The van der Waals surface area contributed by atoms with Crippen molar-refractivity contribution in [2.45, 2.75) is 13.2 Å². The molecule has 0 spiro atoms. The fourth-order valence-corrected chi connectivity index (χ4v) is 3.00. The van der Waals surface area contributed by atoms with E-state index in [9.17, 15) is 4.79 Å². The standard InChI is InChI=1S/C21H18INO2/c22-20-9-5-4-8-19(20)21(24)23-14-16-10-12-18(13-11-16)25-15-17-6-2-1-3-7-17/h1-13H,14-15H2,(H,23,24). The molecule has 3 rings (SSSR count). The average molecular weight is 443 g/mol. The maximum Gasteiger partial charge on any atom is 0.252 e. The lowest BCUT2D eigenvalue weighted by atomic mass is 10.2. The summed E-state index contributed by atoms with van der Waals surface area (Å²) in [6, 6.07) is 25.4. The van der Waals surface area contributed by atoms with E-state index >= 15 is 0 Å². The van der Waals surface area contributed by atoms with Crippen LogP contribution in [0.25, 0.3) is 0 Å². The Bertz CT molecular complexity index is 832. The predicted octanol–water partition coefficient (Wildman–Crippen LogP) is 4.80. The Kier molecular flexibility index (Phi) is 6.06. The molecule has 0 radical (unpaired) electrons. The van der Waals surface area contributed by atoms with Crippen molar-refractivity contribution in [3.05, 3.63) is 99.1 Å². The number of amides is 1.